The van der Waals surface area contributed by atoms with Gasteiger partial charge in [0.25, 0.3) is 0 Å². The first-order chi connectivity index (χ1) is 8.33. The summed E-state index contributed by atoms with van der Waals surface area (Å²) in [5.74, 6) is 0.928. The molecule has 2 heterocycles. The van der Waals surface area contributed by atoms with Crippen molar-refractivity contribution < 1.29 is 4.39 Å². The minimum atomic E-state index is -0.287. The van der Waals surface area contributed by atoms with Crippen LogP contribution in [0.5, 0.6) is 0 Å². The Morgan fingerprint density at radius 3 is 2.88 bits per heavy atom. The number of rotatable bonds is 2. The van der Waals surface area contributed by atoms with E-state index in [0.29, 0.717) is 17.2 Å². The predicted octanol–water partition coefficient (Wildman–Crippen LogP) is 3.34. The van der Waals surface area contributed by atoms with Gasteiger partial charge in [-0.25, -0.2) is 9.37 Å². The van der Waals surface area contributed by atoms with E-state index in [-0.39, 0.29) is 5.82 Å². The van der Waals surface area contributed by atoms with Crippen LogP contribution in [0.3, 0.4) is 0 Å². The van der Waals surface area contributed by atoms with E-state index in [2.05, 4.69) is 15.2 Å². The molecule has 0 fully saturated rings. The Kier molecular flexibility index (Phi) is 2.45. The second kappa shape index (κ2) is 4.10. The number of benzene rings is 1. The predicted molar refractivity (Wildman–Crippen MR) is 65.1 cm³/mol. The summed E-state index contributed by atoms with van der Waals surface area (Å²) in [4.78, 5) is 5.36. The smallest absolute Gasteiger partial charge is 0.181 e. The quantitative estimate of drug-likeness (QED) is 0.752. The fourth-order valence-corrected chi connectivity index (χ4v) is 2.21. The molecule has 3 nitrogen and oxygen atoms in total. The van der Waals surface area contributed by atoms with E-state index < -0.39 is 0 Å². The fourth-order valence-electron chi connectivity index (χ4n) is 1.54. The van der Waals surface area contributed by atoms with Gasteiger partial charge in [0.15, 0.2) is 11.6 Å². The van der Waals surface area contributed by atoms with E-state index >= 15 is 0 Å². The summed E-state index contributed by atoms with van der Waals surface area (Å²) in [5, 5.41) is 8.91. The zero-order valence-corrected chi connectivity index (χ0v) is 9.54. The second-order valence-corrected chi connectivity index (χ2v) is 4.44. The van der Waals surface area contributed by atoms with E-state index in [4.69, 9.17) is 0 Å². The van der Waals surface area contributed by atoms with Crippen molar-refractivity contribution in [3.05, 3.63) is 47.6 Å². The highest BCUT2D eigenvalue weighted by Crippen LogP contribution is 2.23. The van der Waals surface area contributed by atoms with Crippen molar-refractivity contribution >= 4 is 11.3 Å². The number of hydrogen-bond acceptors (Lipinski definition) is 3. The normalized spacial score (nSPS) is 10.6. The lowest BCUT2D eigenvalue weighted by Crippen LogP contribution is -1.82. The molecule has 84 valence electrons. The highest BCUT2D eigenvalue weighted by molar-refractivity contribution is 7.13. The summed E-state index contributed by atoms with van der Waals surface area (Å²) in [6.45, 7) is 0. The number of nitrogens with one attached hydrogen (secondary N) is 1. The molecule has 0 spiro atoms. The average Bonchev–Trinajstić information content (AvgIpc) is 3.00. The zero-order valence-electron chi connectivity index (χ0n) is 8.72. The maximum Gasteiger partial charge on any atom is 0.181 e. The Hall–Kier alpha value is -2.01. The summed E-state index contributed by atoms with van der Waals surface area (Å²) in [7, 11) is 0. The van der Waals surface area contributed by atoms with Gasteiger partial charge < -0.3 is 0 Å². The molecule has 0 saturated heterocycles. The highest BCUT2D eigenvalue weighted by atomic mass is 32.1. The number of H-pyrrole nitrogens is 1. The standard InChI is InChI=1S/C12H8FN3S/c13-9-4-1-3-8(7-9)11-14-12(16-15-11)10-5-2-6-17-10/h1-7H,(H,14,15,16). The van der Waals surface area contributed by atoms with Crippen molar-refractivity contribution in [2.45, 2.75) is 0 Å². The van der Waals surface area contributed by atoms with Crippen LogP contribution in [-0.4, -0.2) is 15.2 Å². The largest absolute Gasteiger partial charge is 0.258 e. The van der Waals surface area contributed by atoms with Crippen LogP contribution in [0.4, 0.5) is 4.39 Å². The van der Waals surface area contributed by atoms with Gasteiger partial charge in [0.05, 0.1) is 4.88 Å². The monoisotopic (exact) mass is 245 g/mol. The Bertz CT molecular complexity index is 631. The number of hydrogen-bond donors (Lipinski definition) is 1. The molecular weight excluding hydrogens is 237 g/mol. The lowest BCUT2D eigenvalue weighted by Gasteiger charge is -1.93. The molecule has 1 aromatic carbocycles. The Morgan fingerprint density at radius 2 is 2.12 bits per heavy atom. The van der Waals surface area contributed by atoms with Gasteiger partial charge in [-0.15, -0.1) is 11.3 Å². The maximum absolute atomic E-state index is 13.1. The first-order valence-electron chi connectivity index (χ1n) is 5.05. The van der Waals surface area contributed by atoms with E-state index in [9.17, 15) is 4.39 Å². The highest BCUT2D eigenvalue weighted by Gasteiger charge is 2.08. The van der Waals surface area contributed by atoms with E-state index in [1.807, 2.05) is 17.5 Å². The molecule has 0 radical (unpaired) electrons. The van der Waals surface area contributed by atoms with Crippen LogP contribution in [0.1, 0.15) is 0 Å². The van der Waals surface area contributed by atoms with Crippen molar-refractivity contribution in [3.63, 3.8) is 0 Å². The molecule has 3 rings (SSSR count). The molecule has 2 aromatic heterocycles. The van der Waals surface area contributed by atoms with Crippen LogP contribution < -0.4 is 0 Å². The van der Waals surface area contributed by atoms with Crippen molar-refractivity contribution in [3.8, 4) is 22.1 Å². The molecule has 0 atom stereocenters. The van der Waals surface area contributed by atoms with Gasteiger partial charge in [0.1, 0.15) is 5.82 Å². The topological polar surface area (TPSA) is 41.6 Å². The maximum atomic E-state index is 13.1. The van der Waals surface area contributed by atoms with Crippen LogP contribution in [-0.2, 0) is 0 Å². The fraction of sp³-hybridized carbons (Fsp3) is 0. The second-order valence-electron chi connectivity index (χ2n) is 3.50. The third-order valence-corrected chi connectivity index (χ3v) is 3.20. The van der Waals surface area contributed by atoms with Crippen LogP contribution in [0.25, 0.3) is 22.1 Å². The van der Waals surface area contributed by atoms with Gasteiger partial charge in [0, 0.05) is 5.56 Å². The van der Waals surface area contributed by atoms with Gasteiger partial charge in [-0.1, -0.05) is 18.2 Å². The van der Waals surface area contributed by atoms with Crippen molar-refractivity contribution in [2.24, 2.45) is 0 Å². The van der Waals surface area contributed by atoms with Gasteiger partial charge in [-0.2, -0.15) is 5.10 Å². The van der Waals surface area contributed by atoms with Gasteiger partial charge in [-0.05, 0) is 23.6 Å². The van der Waals surface area contributed by atoms with E-state index in [0.717, 1.165) is 4.88 Å². The van der Waals surface area contributed by atoms with Crippen molar-refractivity contribution in [1.82, 2.24) is 15.2 Å². The molecule has 1 N–H and O–H groups in total. The number of thiophene rings is 1. The van der Waals surface area contributed by atoms with Crippen molar-refractivity contribution in [1.29, 1.82) is 0 Å². The molecule has 5 heteroatoms. The van der Waals surface area contributed by atoms with Crippen LogP contribution in [0, 0.1) is 5.82 Å². The van der Waals surface area contributed by atoms with E-state index in [1.165, 1.54) is 12.1 Å². The molecule has 0 aliphatic carbocycles. The summed E-state index contributed by atoms with van der Waals surface area (Å²) in [6, 6.07) is 10.2. The number of aromatic nitrogens is 3. The zero-order chi connectivity index (χ0) is 11.7. The number of nitrogens with zero attached hydrogens (tertiary/aromatic N) is 2. The summed E-state index contributed by atoms with van der Waals surface area (Å²) >= 11 is 1.58. The van der Waals surface area contributed by atoms with Crippen LogP contribution in [0.15, 0.2) is 41.8 Å². The Morgan fingerprint density at radius 1 is 1.18 bits per heavy atom. The number of halogens is 1. The first-order valence-corrected chi connectivity index (χ1v) is 5.93. The van der Waals surface area contributed by atoms with Crippen LogP contribution in [0.2, 0.25) is 0 Å². The third kappa shape index (κ3) is 1.97. The third-order valence-electron chi connectivity index (χ3n) is 2.32. The SMILES string of the molecule is Fc1cccc(-c2n[nH]c(-c3cccs3)n2)c1. The van der Waals surface area contributed by atoms with Crippen LogP contribution >= 0.6 is 11.3 Å². The van der Waals surface area contributed by atoms with Gasteiger partial charge >= 0.3 is 0 Å². The molecule has 0 amide bonds. The Labute approximate surface area is 101 Å². The van der Waals surface area contributed by atoms with Gasteiger partial charge in [-0.3, -0.25) is 5.10 Å². The minimum Gasteiger partial charge on any atom is -0.258 e. The molecule has 17 heavy (non-hydrogen) atoms. The first kappa shape index (κ1) is 10.2. The minimum absolute atomic E-state index is 0.287. The Balaban J connectivity index is 2.01. The van der Waals surface area contributed by atoms with E-state index in [1.54, 1.807) is 23.5 Å². The lowest BCUT2D eigenvalue weighted by atomic mass is 10.2. The molecule has 0 saturated carbocycles. The lowest BCUT2D eigenvalue weighted by molar-refractivity contribution is 0.628. The summed E-state index contributed by atoms with van der Waals surface area (Å²) in [5.41, 5.74) is 0.670. The molecule has 0 unspecified atom stereocenters. The average molecular weight is 245 g/mol. The molecule has 0 bridgehead atoms. The summed E-state index contributed by atoms with van der Waals surface area (Å²) in [6.07, 6.45) is 0. The molecule has 0 aliphatic rings. The molecule has 0 aliphatic heterocycles. The molecule has 3 aromatic rings. The number of aromatic amines is 1. The van der Waals surface area contributed by atoms with Crippen molar-refractivity contribution in [2.75, 3.05) is 0 Å². The summed E-state index contributed by atoms with van der Waals surface area (Å²) < 4.78 is 13.1. The molecular formula is C12H8FN3S. The van der Waals surface area contributed by atoms with Gasteiger partial charge in [0.2, 0.25) is 0 Å².